The van der Waals surface area contributed by atoms with Gasteiger partial charge in [0.2, 0.25) is 0 Å². The van der Waals surface area contributed by atoms with Crippen molar-refractivity contribution in [2.75, 3.05) is 0 Å². The Labute approximate surface area is 157 Å². The maximum Gasteiger partial charge on any atom is 0.345 e. The third-order valence-electron chi connectivity index (χ3n) is 4.23. The first-order valence-electron chi connectivity index (χ1n) is 8.33. The summed E-state index contributed by atoms with van der Waals surface area (Å²) in [5, 5.41) is 10.1. The fourth-order valence-electron chi connectivity index (χ4n) is 2.76. The van der Waals surface area contributed by atoms with E-state index in [9.17, 15) is 9.90 Å². The van der Waals surface area contributed by atoms with Crippen molar-refractivity contribution in [3.63, 3.8) is 0 Å². The van der Waals surface area contributed by atoms with Crippen LogP contribution in [-0.4, -0.2) is 17.2 Å². The Bertz CT molecular complexity index is 889. The van der Waals surface area contributed by atoms with Crippen molar-refractivity contribution in [1.29, 1.82) is 0 Å². The summed E-state index contributed by atoms with van der Waals surface area (Å²) in [7, 11) is 0. The minimum absolute atomic E-state index is 0.252. The molecule has 0 fully saturated rings. The average molecular weight is 367 g/mol. The number of carbonyl (C=O) groups is 1. The zero-order valence-corrected chi connectivity index (χ0v) is 15.1. The zero-order valence-electron chi connectivity index (χ0n) is 14.4. The van der Waals surface area contributed by atoms with Gasteiger partial charge in [-0.25, -0.2) is 4.79 Å². The molecule has 1 atom stereocenters. The van der Waals surface area contributed by atoms with Crippen LogP contribution in [0.25, 0.3) is 11.1 Å². The topological polar surface area (TPSA) is 46.5 Å². The second-order valence-electron chi connectivity index (χ2n) is 6.11. The fraction of sp³-hybridized carbons (Fsp3) is 0.136. The van der Waals surface area contributed by atoms with Gasteiger partial charge >= 0.3 is 5.97 Å². The van der Waals surface area contributed by atoms with Crippen LogP contribution in [0.1, 0.15) is 11.1 Å². The highest BCUT2D eigenvalue weighted by Crippen LogP contribution is 2.24. The molecule has 0 aliphatic heterocycles. The number of ether oxygens (including phenoxy) is 1. The first-order valence-corrected chi connectivity index (χ1v) is 8.71. The van der Waals surface area contributed by atoms with Crippen LogP contribution in [0.2, 0.25) is 5.02 Å². The Balaban J connectivity index is 1.76. The van der Waals surface area contributed by atoms with Crippen LogP contribution in [0.3, 0.4) is 0 Å². The van der Waals surface area contributed by atoms with Crippen molar-refractivity contribution >= 4 is 17.6 Å². The molecule has 0 saturated heterocycles. The van der Waals surface area contributed by atoms with Crippen LogP contribution < -0.4 is 4.74 Å². The van der Waals surface area contributed by atoms with Gasteiger partial charge in [-0.3, -0.25) is 0 Å². The van der Waals surface area contributed by atoms with Crippen LogP contribution in [0.4, 0.5) is 0 Å². The van der Waals surface area contributed by atoms with E-state index >= 15 is 0 Å². The molecule has 0 radical (unpaired) electrons. The van der Waals surface area contributed by atoms with Gasteiger partial charge in [0.1, 0.15) is 5.75 Å². The zero-order chi connectivity index (χ0) is 18.5. The molecular weight excluding hydrogens is 348 g/mol. The molecule has 3 nitrogen and oxygen atoms in total. The molecule has 1 N–H and O–H groups in total. The van der Waals surface area contributed by atoms with E-state index in [2.05, 4.69) is 0 Å². The number of hydrogen-bond donors (Lipinski definition) is 1. The van der Waals surface area contributed by atoms with E-state index in [1.165, 1.54) is 0 Å². The van der Waals surface area contributed by atoms with Gasteiger partial charge in [0.15, 0.2) is 6.10 Å². The van der Waals surface area contributed by atoms with Crippen molar-refractivity contribution in [2.45, 2.75) is 19.4 Å². The monoisotopic (exact) mass is 366 g/mol. The Kier molecular flexibility index (Phi) is 5.59. The lowest BCUT2D eigenvalue weighted by Crippen LogP contribution is -2.29. The quantitative estimate of drug-likeness (QED) is 0.636. The van der Waals surface area contributed by atoms with E-state index in [1.54, 1.807) is 24.3 Å². The van der Waals surface area contributed by atoms with Crippen molar-refractivity contribution in [3.05, 3.63) is 88.9 Å². The van der Waals surface area contributed by atoms with E-state index in [0.29, 0.717) is 10.8 Å². The molecule has 0 heterocycles. The number of carboxylic acids is 1. The maximum absolute atomic E-state index is 11.6. The van der Waals surface area contributed by atoms with Crippen molar-refractivity contribution < 1.29 is 14.6 Å². The summed E-state index contributed by atoms with van der Waals surface area (Å²) in [5.41, 5.74) is 4.01. The Morgan fingerprint density at radius 3 is 2.31 bits per heavy atom. The highest BCUT2D eigenvalue weighted by atomic mass is 35.5. The average Bonchev–Trinajstić information content (AvgIpc) is 2.65. The Hall–Kier alpha value is -2.78. The third kappa shape index (κ3) is 4.44. The number of hydrogen-bond acceptors (Lipinski definition) is 2. The molecule has 3 rings (SSSR count). The first kappa shape index (κ1) is 18.0. The number of benzene rings is 3. The van der Waals surface area contributed by atoms with Gasteiger partial charge < -0.3 is 9.84 Å². The summed E-state index contributed by atoms with van der Waals surface area (Å²) in [6.45, 7) is 1.93. The largest absolute Gasteiger partial charge is 0.478 e. The fourth-order valence-corrected chi connectivity index (χ4v) is 2.95. The first-order chi connectivity index (χ1) is 12.5. The van der Waals surface area contributed by atoms with E-state index in [-0.39, 0.29) is 6.42 Å². The van der Waals surface area contributed by atoms with Crippen molar-refractivity contribution in [1.82, 2.24) is 0 Å². The SMILES string of the molecule is Cc1ccc(Cl)cc1CC(Oc1ccc(-c2ccccc2)cc1)C(=O)O. The Morgan fingerprint density at radius 2 is 1.65 bits per heavy atom. The van der Waals surface area contributed by atoms with Crippen LogP contribution in [0.5, 0.6) is 5.75 Å². The summed E-state index contributed by atoms with van der Waals surface area (Å²) in [5.74, 6) is -0.478. The summed E-state index contributed by atoms with van der Waals surface area (Å²) >= 11 is 6.03. The Morgan fingerprint density at radius 1 is 1.00 bits per heavy atom. The lowest BCUT2D eigenvalue weighted by Gasteiger charge is -2.17. The second-order valence-corrected chi connectivity index (χ2v) is 6.55. The highest BCUT2D eigenvalue weighted by molar-refractivity contribution is 6.30. The lowest BCUT2D eigenvalue weighted by atomic mass is 10.0. The van der Waals surface area contributed by atoms with Gasteiger partial charge in [-0.05, 0) is 53.4 Å². The lowest BCUT2D eigenvalue weighted by molar-refractivity contribution is -0.145. The van der Waals surface area contributed by atoms with E-state index < -0.39 is 12.1 Å². The number of carboxylic acid groups (broad SMARTS) is 1. The van der Waals surface area contributed by atoms with Gasteiger partial charge in [-0.15, -0.1) is 0 Å². The smallest absolute Gasteiger partial charge is 0.345 e. The molecular formula is C22H19ClO3. The van der Waals surface area contributed by atoms with Crippen LogP contribution in [0.15, 0.2) is 72.8 Å². The van der Waals surface area contributed by atoms with Crippen LogP contribution >= 0.6 is 11.6 Å². The summed E-state index contributed by atoms with van der Waals surface area (Å²) in [6.07, 6.45) is -0.725. The van der Waals surface area contributed by atoms with Gasteiger partial charge in [-0.2, -0.15) is 0 Å². The second kappa shape index (κ2) is 8.07. The molecule has 26 heavy (non-hydrogen) atoms. The molecule has 0 aliphatic rings. The predicted molar refractivity (Wildman–Crippen MR) is 104 cm³/mol. The van der Waals surface area contributed by atoms with Crippen molar-refractivity contribution in [3.8, 4) is 16.9 Å². The summed E-state index contributed by atoms with van der Waals surface area (Å²) in [6, 6.07) is 22.9. The van der Waals surface area contributed by atoms with Gasteiger partial charge in [0.05, 0.1) is 0 Å². The van der Waals surface area contributed by atoms with E-state index in [4.69, 9.17) is 16.3 Å². The number of rotatable bonds is 6. The molecule has 0 saturated carbocycles. The number of halogens is 1. The molecule has 132 valence electrons. The van der Waals surface area contributed by atoms with Gasteiger partial charge in [0.25, 0.3) is 0 Å². The molecule has 0 amide bonds. The molecule has 0 aromatic heterocycles. The number of aliphatic carboxylic acids is 1. The predicted octanol–water partition coefficient (Wildman–Crippen LogP) is 5.39. The molecule has 4 heteroatoms. The van der Waals surface area contributed by atoms with Crippen molar-refractivity contribution in [2.24, 2.45) is 0 Å². The molecule has 1 unspecified atom stereocenters. The van der Waals surface area contributed by atoms with Gasteiger partial charge in [-0.1, -0.05) is 60.1 Å². The minimum atomic E-state index is -1.00. The highest BCUT2D eigenvalue weighted by Gasteiger charge is 2.21. The number of aryl methyl sites for hydroxylation is 1. The summed E-state index contributed by atoms with van der Waals surface area (Å²) < 4.78 is 5.72. The molecule has 0 aliphatic carbocycles. The third-order valence-corrected chi connectivity index (χ3v) is 4.47. The standard InChI is InChI=1S/C22H19ClO3/c1-15-7-10-19(23)13-18(15)14-21(22(24)25)26-20-11-8-17(9-12-20)16-5-3-2-4-6-16/h2-13,21H,14H2,1H3,(H,24,25). The molecule has 3 aromatic rings. The molecule has 0 spiro atoms. The normalized spacial score (nSPS) is 11.8. The van der Waals surface area contributed by atoms with E-state index in [0.717, 1.165) is 22.3 Å². The molecule has 3 aromatic carbocycles. The minimum Gasteiger partial charge on any atom is -0.478 e. The maximum atomic E-state index is 11.6. The molecule has 0 bridgehead atoms. The van der Waals surface area contributed by atoms with Gasteiger partial charge in [0, 0.05) is 11.4 Å². The van der Waals surface area contributed by atoms with Crippen LogP contribution in [-0.2, 0) is 11.2 Å². The van der Waals surface area contributed by atoms with E-state index in [1.807, 2.05) is 55.5 Å². The summed E-state index contributed by atoms with van der Waals surface area (Å²) in [4.78, 5) is 11.6. The van der Waals surface area contributed by atoms with Crippen LogP contribution in [0, 0.1) is 6.92 Å².